The van der Waals surface area contributed by atoms with Gasteiger partial charge >= 0.3 is 11.9 Å². The number of aliphatic carboxylic acids is 1. The molecule has 1 aromatic carbocycles. The summed E-state index contributed by atoms with van der Waals surface area (Å²) in [5.74, 6) is -3.07. The fraction of sp³-hybridized carbons (Fsp3) is 0.409. The van der Waals surface area contributed by atoms with Crippen LogP contribution in [-0.2, 0) is 14.3 Å². The maximum atomic E-state index is 13.0. The minimum Gasteiger partial charge on any atom is -0.481 e. The molecule has 0 spiro atoms. The molecular formula is C22H25NO5S. The highest BCUT2D eigenvalue weighted by molar-refractivity contribution is 7.17. The molecule has 1 heterocycles. The molecule has 6 nitrogen and oxygen atoms in total. The van der Waals surface area contributed by atoms with Gasteiger partial charge in [-0.25, -0.2) is 4.79 Å². The lowest BCUT2D eigenvalue weighted by Crippen LogP contribution is -2.36. The zero-order valence-corrected chi connectivity index (χ0v) is 17.4. The molecule has 1 fully saturated rings. The molecule has 29 heavy (non-hydrogen) atoms. The Balaban J connectivity index is 1.97. The number of carbonyl (C=O) groups excluding carboxylic acids is 2. The number of thiophene rings is 1. The minimum absolute atomic E-state index is 0.221. The van der Waals surface area contributed by atoms with Crippen LogP contribution in [0.3, 0.4) is 0 Å². The summed E-state index contributed by atoms with van der Waals surface area (Å²) in [7, 11) is 0. The molecule has 1 aliphatic carbocycles. The summed E-state index contributed by atoms with van der Waals surface area (Å²) in [6.07, 6.45) is 2.67. The predicted octanol–water partition coefficient (Wildman–Crippen LogP) is 4.73. The van der Waals surface area contributed by atoms with Crippen molar-refractivity contribution in [3.63, 3.8) is 0 Å². The molecule has 1 saturated carbocycles. The van der Waals surface area contributed by atoms with Gasteiger partial charge in [-0.1, -0.05) is 43.2 Å². The van der Waals surface area contributed by atoms with Gasteiger partial charge in [0.2, 0.25) is 5.91 Å². The zero-order chi connectivity index (χ0) is 21.0. The van der Waals surface area contributed by atoms with Crippen LogP contribution in [0.4, 0.5) is 5.00 Å². The van der Waals surface area contributed by atoms with E-state index < -0.39 is 23.8 Å². The van der Waals surface area contributed by atoms with Crippen molar-refractivity contribution in [2.24, 2.45) is 11.8 Å². The Bertz CT molecular complexity index is 905. The van der Waals surface area contributed by atoms with Crippen molar-refractivity contribution in [1.82, 2.24) is 0 Å². The van der Waals surface area contributed by atoms with E-state index in [9.17, 15) is 19.5 Å². The number of anilines is 1. The van der Waals surface area contributed by atoms with Crippen molar-refractivity contribution >= 4 is 34.2 Å². The van der Waals surface area contributed by atoms with E-state index in [1.54, 1.807) is 6.92 Å². The predicted molar refractivity (Wildman–Crippen MR) is 112 cm³/mol. The maximum Gasteiger partial charge on any atom is 0.341 e. The van der Waals surface area contributed by atoms with E-state index in [0.717, 1.165) is 28.8 Å². The van der Waals surface area contributed by atoms with Crippen LogP contribution in [0.1, 0.15) is 47.8 Å². The fourth-order valence-corrected chi connectivity index (χ4v) is 5.00. The van der Waals surface area contributed by atoms with Gasteiger partial charge in [0.15, 0.2) is 0 Å². The number of rotatable bonds is 6. The number of esters is 1. The van der Waals surface area contributed by atoms with Crippen LogP contribution >= 0.6 is 11.3 Å². The topological polar surface area (TPSA) is 92.7 Å². The van der Waals surface area contributed by atoms with Crippen LogP contribution in [0.25, 0.3) is 11.1 Å². The third-order valence-corrected chi connectivity index (χ3v) is 6.30. The third kappa shape index (κ3) is 4.50. The van der Waals surface area contributed by atoms with E-state index in [-0.39, 0.29) is 12.5 Å². The first kappa shape index (κ1) is 21.0. The van der Waals surface area contributed by atoms with Crippen LogP contribution in [0, 0.1) is 18.8 Å². The molecule has 3 rings (SSSR count). The molecule has 0 saturated heterocycles. The molecule has 0 unspecified atom stereocenters. The summed E-state index contributed by atoms with van der Waals surface area (Å²) in [6, 6.07) is 9.49. The SMILES string of the molecule is CCOC(=O)c1c(NC(=O)[C@H]2CCCC[C@H]2C(=O)O)sc(C)c1-c1ccccc1. The quantitative estimate of drug-likeness (QED) is 0.666. The third-order valence-electron chi connectivity index (χ3n) is 5.28. The van der Waals surface area contributed by atoms with Gasteiger partial charge < -0.3 is 15.2 Å². The van der Waals surface area contributed by atoms with E-state index in [4.69, 9.17) is 4.74 Å². The van der Waals surface area contributed by atoms with E-state index in [0.29, 0.717) is 23.4 Å². The minimum atomic E-state index is -0.942. The second-order valence-electron chi connectivity index (χ2n) is 7.15. The van der Waals surface area contributed by atoms with E-state index in [2.05, 4.69) is 5.32 Å². The smallest absolute Gasteiger partial charge is 0.341 e. The highest BCUT2D eigenvalue weighted by Gasteiger charge is 2.36. The summed E-state index contributed by atoms with van der Waals surface area (Å²) >= 11 is 1.31. The Kier molecular flexibility index (Phi) is 6.69. The first-order valence-electron chi connectivity index (χ1n) is 9.83. The van der Waals surface area contributed by atoms with Crippen LogP contribution in [0.15, 0.2) is 30.3 Å². The van der Waals surface area contributed by atoms with Gasteiger partial charge in [0, 0.05) is 10.4 Å². The summed E-state index contributed by atoms with van der Waals surface area (Å²) in [5.41, 5.74) is 1.94. The number of hydrogen-bond acceptors (Lipinski definition) is 5. The largest absolute Gasteiger partial charge is 0.481 e. The molecule has 0 bridgehead atoms. The molecule has 2 aromatic rings. The van der Waals surface area contributed by atoms with Crippen molar-refractivity contribution in [2.75, 3.05) is 11.9 Å². The van der Waals surface area contributed by atoms with Gasteiger partial charge in [0.1, 0.15) is 10.6 Å². The average Bonchev–Trinajstić information content (AvgIpc) is 3.04. The molecule has 1 aromatic heterocycles. The lowest BCUT2D eigenvalue weighted by Gasteiger charge is -2.27. The van der Waals surface area contributed by atoms with Crippen LogP contribution < -0.4 is 5.32 Å². The van der Waals surface area contributed by atoms with E-state index in [1.807, 2.05) is 37.3 Å². The number of amides is 1. The number of benzene rings is 1. The van der Waals surface area contributed by atoms with Gasteiger partial charge in [0.05, 0.1) is 18.4 Å². The first-order valence-corrected chi connectivity index (χ1v) is 10.6. The van der Waals surface area contributed by atoms with Gasteiger partial charge in [-0.15, -0.1) is 11.3 Å². The number of nitrogens with one attached hydrogen (secondary N) is 1. The summed E-state index contributed by atoms with van der Waals surface area (Å²) in [6.45, 7) is 3.85. The number of carboxylic acid groups (broad SMARTS) is 1. The van der Waals surface area contributed by atoms with Gasteiger partial charge in [-0.05, 0) is 32.3 Å². The monoisotopic (exact) mass is 415 g/mol. The number of aryl methyl sites for hydroxylation is 1. The number of hydrogen-bond donors (Lipinski definition) is 2. The number of ether oxygens (including phenoxy) is 1. The Labute approximate surface area is 173 Å². The molecule has 1 amide bonds. The number of carboxylic acids is 1. The Morgan fingerprint density at radius 2 is 1.79 bits per heavy atom. The van der Waals surface area contributed by atoms with Crippen molar-refractivity contribution in [1.29, 1.82) is 0 Å². The van der Waals surface area contributed by atoms with Crippen LogP contribution in [0.2, 0.25) is 0 Å². The van der Waals surface area contributed by atoms with Crippen molar-refractivity contribution in [3.05, 3.63) is 40.8 Å². The zero-order valence-electron chi connectivity index (χ0n) is 16.6. The molecule has 2 N–H and O–H groups in total. The maximum absolute atomic E-state index is 13.0. The molecular weight excluding hydrogens is 390 g/mol. The molecule has 154 valence electrons. The molecule has 7 heteroatoms. The first-order chi connectivity index (χ1) is 13.9. The highest BCUT2D eigenvalue weighted by Crippen LogP contribution is 2.41. The normalized spacial score (nSPS) is 18.8. The lowest BCUT2D eigenvalue weighted by atomic mass is 9.78. The molecule has 0 aliphatic heterocycles. The second kappa shape index (κ2) is 9.22. The van der Waals surface area contributed by atoms with E-state index in [1.165, 1.54) is 11.3 Å². The lowest BCUT2D eigenvalue weighted by molar-refractivity contribution is -0.147. The Hall–Kier alpha value is -2.67. The molecule has 2 atom stereocenters. The van der Waals surface area contributed by atoms with Gasteiger partial charge in [-0.3, -0.25) is 9.59 Å². The second-order valence-corrected chi connectivity index (χ2v) is 8.37. The highest BCUT2D eigenvalue weighted by atomic mass is 32.1. The summed E-state index contributed by atoms with van der Waals surface area (Å²) in [4.78, 5) is 38.2. The summed E-state index contributed by atoms with van der Waals surface area (Å²) in [5, 5.41) is 12.7. The van der Waals surface area contributed by atoms with Crippen molar-refractivity contribution in [3.8, 4) is 11.1 Å². The average molecular weight is 416 g/mol. The number of carbonyl (C=O) groups is 3. The Morgan fingerprint density at radius 3 is 2.41 bits per heavy atom. The van der Waals surface area contributed by atoms with Crippen LogP contribution in [0.5, 0.6) is 0 Å². The van der Waals surface area contributed by atoms with E-state index >= 15 is 0 Å². The Morgan fingerprint density at radius 1 is 1.14 bits per heavy atom. The van der Waals surface area contributed by atoms with Crippen molar-refractivity contribution in [2.45, 2.75) is 39.5 Å². The van der Waals surface area contributed by atoms with Gasteiger partial charge in [0.25, 0.3) is 0 Å². The molecule has 1 aliphatic rings. The summed E-state index contributed by atoms with van der Waals surface area (Å²) < 4.78 is 5.25. The molecule has 0 radical (unpaired) electrons. The van der Waals surface area contributed by atoms with Crippen molar-refractivity contribution < 1.29 is 24.2 Å². The fourth-order valence-electron chi connectivity index (χ4n) is 3.93. The van der Waals surface area contributed by atoms with Gasteiger partial charge in [-0.2, -0.15) is 0 Å². The standard InChI is InChI=1S/C22H25NO5S/c1-3-28-22(27)18-17(14-9-5-4-6-10-14)13(2)29-20(18)23-19(24)15-11-7-8-12-16(15)21(25)26/h4-6,9-10,15-16H,3,7-8,11-12H2,1-2H3,(H,23,24)(H,25,26)/t15-,16+/m0/s1. The van der Waals surface area contributed by atoms with Crippen LogP contribution in [-0.4, -0.2) is 29.6 Å².